The van der Waals surface area contributed by atoms with Crippen LogP contribution in [0.5, 0.6) is 0 Å². The van der Waals surface area contributed by atoms with Gasteiger partial charge < -0.3 is 4.57 Å². The van der Waals surface area contributed by atoms with Gasteiger partial charge in [-0.2, -0.15) is 0 Å². The van der Waals surface area contributed by atoms with Gasteiger partial charge in [-0.25, -0.2) is 9.97 Å². The highest BCUT2D eigenvalue weighted by atomic mass is 32.1. The molecule has 0 aliphatic heterocycles. The quantitative estimate of drug-likeness (QED) is 0.208. The van der Waals surface area contributed by atoms with Crippen molar-refractivity contribution in [3.8, 4) is 39.5 Å². The molecule has 0 spiro atoms. The minimum absolute atomic E-state index is 0.750. The van der Waals surface area contributed by atoms with Crippen LogP contribution in [-0.4, -0.2) is 14.5 Å². The molecule has 3 aromatic heterocycles. The predicted octanol–water partition coefficient (Wildman–Crippen LogP) is 10.9. The minimum Gasteiger partial charge on any atom is -0.309 e. The molecule has 0 aliphatic carbocycles. The van der Waals surface area contributed by atoms with Crippen LogP contribution in [0.3, 0.4) is 0 Å². The van der Waals surface area contributed by atoms with Crippen molar-refractivity contribution in [1.29, 1.82) is 0 Å². The van der Waals surface area contributed by atoms with E-state index in [1.54, 1.807) is 11.3 Å². The number of aromatic nitrogens is 3. The molecule has 0 aliphatic rings. The zero-order valence-electron chi connectivity index (χ0n) is 23.7. The van der Waals surface area contributed by atoms with Gasteiger partial charge in [0, 0.05) is 43.1 Å². The molecule has 0 unspecified atom stereocenters. The smallest absolute Gasteiger partial charge is 0.161 e. The molecule has 44 heavy (non-hydrogen) atoms. The van der Waals surface area contributed by atoms with Crippen molar-refractivity contribution in [3.05, 3.63) is 152 Å². The molecule has 0 saturated carbocycles. The minimum atomic E-state index is 0.750. The molecule has 3 nitrogen and oxygen atoms in total. The van der Waals surface area contributed by atoms with Crippen LogP contribution >= 0.6 is 11.3 Å². The monoisotopic (exact) mass is 579 g/mol. The van der Waals surface area contributed by atoms with Crippen LogP contribution in [0.25, 0.3) is 81.6 Å². The summed E-state index contributed by atoms with van der Waals surface area (Å²) in [6.45, 7) is 0. The zero-order chi connectivity index (χ0) is 29.0. The molecule has 0 atom stereocenters. The highest BCUT2D eigenvalue weighted by Gasteiger charge is 2.18. The van der Waals surface area contributed by atoms with Gasteiger partial charge in [-0.3, -0.25) is 0 Å². The van der Waals surface area contributed by atoms with E-state index in [0.29, 0.717) is 0 Å². The first kappa shape index (κ1) is 25.0. The van der Waals surface area contributed by atoms with Crippen molar-refractivity contribution in [1.82, 2.24) is 14.5 Å². The molecule has 9 aromatic rings. The Balaban J connectivity index is 1.25. The fourth-order valence-corrected chi connectivity index (χ4v) is 7.48. The Bertz CT molecular complexity index is 2490. The Labute approximate surface area is 258 Å². The van der Waals surface area contributed by atoms with E-state index < -0.39 is 0 Å². The molecular formula is C40H25N3S. The highest BCUT2D eigenvalue weighted by molar-refractivity contribution is 7.25. The molecule has 0 saturated heterocycles. The van der Waals surface area contributed by atoms with Gasteiger partial charge in [0.25, 0.3) is 0 Å². The van der Waals surface area contributed by atoms with Gasteiger partial charge in [0.05, 0.1) is 16.7 Å². The van der Waals surface area contributed by atoms with Crippen LogP contribution in [0.4, 0.5) is 0 Å². The van der Waals surface area contributed by atoms with Gasteiger partial charge in [0.1, 0.15) is 4.83 Å². The second-order valence-electron chi connectivity index (χ2n) is 11.0. The second-order valence-corrected chi connectivity index (χ2v) is 12.1. The van der Waals surface area contributed by atoms with E-state index in [2.05, 4.69) is 138 Å². The first-order chi connectivity index (χ1) is 21.8. The fourth-order valence-electron chi connectivity index (χ4n) is 6.40. The molecule has 3 heterocycles. The van der Waals surface area contributed by atoms with E-state index in [1.807, 2.05) is 18.2 Å². The largest absolute Gasteiger partial charge is 0.309 e. The molecular weight excluding hydrogens is 555 g/mol. The maximum atomic E-state index is 5.22. The van der Waals surface area contributed by atoms with E-state index in [-0.39, 0.29) is 0 Å². The number of rotatable bonds is 4. The molecule has 0 fully saturated rings. The number of para-hydroxylation sites is 2. The lowest BCUT2D eigenvalue weighted by atomic mass is 9.98. The molecule has 0 bridgehead atoms. The second kappa shape index (κ2) is 10.0. The Morgan fingerprint density at radius 2 is 1.11 bits per heavy atom. The lowest BCUT2D eigenvalue weighted by Crippen LogP contribution is -1.94. The van der Waals surface area contributed by atoms with E-state index in [4.69, 9.17) is 9.97 Å². The summed E-state index contributed by atoms with van der Waals surface area (Å²) in [6, 6.07) is 53.7. The third kappa shape index (κ3) is 3.96. The van der Waals surface area contributed by atoms with Gasteiger partial charge in [-0.1, -0.05) is 109 Å². The third-order valence-electron chi connectivity index (χ3n) is 8.43. The summed E-state index contributed by atoms with van der Waals surface area (Å²) in [4.78, 5) is 11.3. The predicted molar refractivity (Wildman–Crippen MR) is 186 cm³/mol. The standard InChI is InChI=1S/C40H25N3S/c1-3-12-26(13-4-1)39-41-38(37-32-19-8-10-21-36(32)44-40(37)42-39)29-15-11-14-27(24-29)28-22-23-35-33(25-28)31-18-7-9-20-34(31)43(35)30-16-5-2-6-17-30/h1-25H. The van der Waals surface area contributed by atoms with E-state index >= 15 is 0 Å². The summed E-state index contributed by atoms with van der Waals surface area (Å²) < 4.78 is 3.58. The van der Waals surface area contributed by atoms with Gasteiger partial charge >= 0.3 is 0 Å². The number of nitrogens with zero attached hydrogens (tertiary/aromatic N) is 3. The van der Waals surface area contributed by atoms with Crippen LogP contribution in [0.1, 0.15) is 0 Å². The van der Waals surface area contributed by atoms with Crippen molar-refractivity contribution in [3.63, 3.8) is 0 Å². The van der Waals surface area contributed by atoms with Crippen LogP contribution in [-0.2, 0) is 0 Å². The number of fused-ring (bicyclic) bond motifs is 6. The van der Waals surface area contributed by atoms with Gasteiger partial charge in [-0.05, 0) is 53.6 Å². The van der Waals surface area contributed by atoms with Crippen LogP contribution in [0, 0.1) is 0 Å². The van der Waals surface area contributed by atoms with E-state index in [9.17, 15) is 0 Å². The normalized spacial score (nSPS) is 11.6. The summed E-state index contributed by atoms with van der Waals surface area (Å²) in [5.74, 6) is 0.750. The summed E-state index contributed by atoms with van der Waals surface area (Å²) in [6.07, 6.45) is 0. The van der Waals surface area contributed by atoms with Crippen LogP contribution < -0.4 is 0 Å². The maximum absolute atomic E-state index is 5.22. The Morgan fingerprint density at radius 3 is 1.98 bits per heavy atom. The first-order valence-electron chi connectivity index (χ1n) is 14.8. The SMILES string of the molecule is c1ccc(-c2nc(-c3cccc(-c4ccc5c(c4)c4ccccc4n5-c4ccccc4)c3)c3c(n2)sc2ccccc23)cc1. The van der Waals surface area contributed by atoms with Gasteiger partial charge in [0.15, 0.2) is 5.82 Å². The first-order valence-corrected chi connectivity index (χ1v) is 15.6. The topological polar surface area (TPSA) is 30.7 Å². The van der Waals surface area contributed by atoms with Crippen molar-refractivity contribution in [2.75, 3.05) is 0 Å². The lowest BCUT2D eigenvalue weighted by molar-refractivity contribution is 1.18. The molecule has 6 aromatic carbocycles. The molecule has 206 valence electrons. The van der Waals surface area contributed by atoms with Crippen LogP contribution in [0.15, 0.2) is 152 Å². The van der Waals surface area contributed by atoms with Crippen molar-refractivity contribution in [2.45, 2.75) is 0 Å². The summed E-state index contributed by atoms with van der Waals surface area (Å²) >= 11 is 1.73. The van der Waals surface area contributed by atoms with Gasteiger partial charge in [-0.15, -0.1) is 11.3 Å². The van der Waals surface area contributed by atoms with E-state index in [0.717, 1.165) is 38.4 Å². The molecule has 0 N–H and O–H groups in total. The van der Waals surface area contributed by atoms with Crippen LogP contribution in [0.2, 0.25) is 0 Å². The molecule has 0 radical (unpaired) electrons. The summed E-state index contributed by atoms with van der Waals surface area (Å²) in [7, 11) is 0. The highest BCUT2D eigenvalue weighted by Crippen LogP contribution is 2.41. The molecule has 0 amide bonds. The Kier molecular flexibility index (Phi) is 5.68. The third-order valence-corrected chi connectivity index (χ3v) is 9.49. The maximum Gasteiger partial charge on any atom is 0.161 e. The number of thiophene rings is 1. The Hall–Kier alpha value is -5.58. The zero-order valence-corrected chi connectivity index (χ0v) is 24.5. The average Bonchev–Trinajstić information content (AvgIpc) is 3.64. The average molecular weight is 580 g/mol. The number of hydrogen-bond donors (Lipinski definition) is 0. The van der Waals surface area contributed by atoms with Crippen molar-refractivity contribution >= 4 is 53.4 Å². The van der Waals surface area contributed by atoms with Gasteiger partial charge in [0.2, 0.25) is 0 Å². The van der Waals surface area contributed by atoms with E-state index in [1.165, 1.54) is 43.1 Å². The Morgan fingerprint density at radius 1 is 0.455 bits per heavy atom. The lowest BCUT2D eigenvalue weighted by Gasteiger charge is -2.10. The molecule has 4 heteroatoms. The number of benzene rings is 6. The summed E-state index contributed by atoms with van der Waals surface area (Å²) in [5, 5.41) is 4.80. The van der Waals surface area contributed by atoms with Crippen molar-refractivity contribution < 1.29 is 0 Å². The number of hydrogen-bond acceptors (Lipinski definition) is 3. The fraction of sp³-hybridized carbons (Fsp3) is 0. The summed E-state index contributed by atoms with van der Waals surface area (Å²) in [5.41, 5.74) is 8.99. The van der Waals surface area contributed by atoms with Crippen molar-refractivity contribution in [2.24, 2.45) is 0 Å². The molecule has 9 rings (SSSR count).